The van der Waals surface area contributed by atoms with Crippen molar-refractivity contribution in [3.63, 3.8) is 0 Å². The Morgan fingerprint density at radius 3 is 1.58 bits per heavy atom. The predicted octanol–water partition coefficient (Wildman–Crippen LogP) is 1.46. The second-order valence-electron chi connectivity index (χ2n) is 1.84. The highest BCUT2D eigenvalue weighted by Crippen LogP contribution is 1.93. The quantitative estimate of drug-likeness (QED) is 0.572. The third-order valence-electron chi connectivity index (χ3n) is 1.03. The van der Waals surface area contributed by atoms with Crippen LogP contribution in [0.3, 0.4) is 0 Å². The first-order chi connectivity index (χ1) is 5.70. The molecule has 12 heavy (non-hydrogen) atoms. The van der Waals surface area contributed by atoms with Crippen LogP contribution in [0.1, 0.15) is 0 Å². The second-order valence-corrected chi connectivity index (χ2v) is 4.80. The number of hydrogen-bond acceptors (Lipinski definition) is 4. The molecule has 0 heterocycles. The zero-order chi connectivity index (χ0) is 9.40. The van der Waals surface area contributed by atoms with E-state index in [2.05, 4.69) is 10.6 Å². The topological polar surface area (TPSA) is 24.1 Å². The molecule has 0 aromatic carbocycles. The van der Waals surface area contributed by atoms with Gasteiger partial charge in [0.1, 0.15) is 8.64 Å². The second kappa shape index (κ2) is 8.10. The first-order valence-corrected chi connectivity index (χ1v) is 6.61. The predicted molar refractivity (Wildman–Crippen MR) is 68.2 cm³/mol. The standard InChI is InChI=1S/C6H12N2S4/c1-11-5(9)7-3-4-8-6(10)12-2/h3-4H2,1-2H3,(H,7,9)(H,8,10). The summed E-state index contributed by atoms with van der Waals surface area (Å²) in [7, 11) is 0. The van der Waals surface area contributed by atoms with E-state index in [0.29, 0.717) is 0 Å². The van der Waals surface area contributed by atoms with E-state index in [-0.39, 0.29) is 0 Å². The van der Waals surface area contributed by atoms with Crippen LogP contribution in [0.5, 0.6) is 0 Å². The maximum absolute atomic E-state index is 4.95. The summed E-state index contributed by atoms with van der Waals surface area (Å²) in [5, 5.41) is 6.15. The van der Waals surface area contributed by atoms with E-state index >= 15 is 0 Å². The maximum Gasteiger partial charge on any atom is 0.133 e. The summed E-state index contributed by atoms with van der Waals surface area (Å²) in [6.07, 6.45) is 3.91. The smallest absolute Gasteiger partial charge is 0.133 e. The molecule has 0 aromatic heterocycles. The van der Waals surface area contributed by atoms with E-state index in [1.807, 2.05) is 12.5 Å². The first kappa shape index (κ1) is 12.5. The molecule has 0 saturated heterocycles. The Labute approximate surface area is 92.6 Å². The molecule has 0 spiro atoms. The van der Waals surface area contributed by atoms with E-state index in [1.54, 1.807) is 23.5 Å². The van der Waals surface area contributed by atoms with Gasteiger partial charge in [0.2, 0.25) is 0 Å². The molecule has 0 aromatic rings. The van der Waals surface area contributed by atoms with E-state index < -0.39 is 0 Å². The summed E-state index contributed by atoms with van der Waals surface area (Å²) in [5.41, 5.74) is 0. The van der Waals surface area contributed by atoms with Gasteiger partial charge in [0.25, 0.3) is 0 Å². The molecule has 0 atom stereocenters. The van der Waals surface area contributed by atoms with Crippen LogP contribution in [0.25, 0.3) is 0 Å². The van der Waals surface area contributed by atoms with Gasteiger partial charge in [0.05, 0.1) is 0 Å². The Bertz CT molecular complexity index is 142. The van der Waals surface area contributed by atoms with Crippen LogP contribution in [0.4, 0.5) is 0 Å². The summed E-state index contributed by atoms with van der Waals surface area (Å²) in [6, 6.07) is 0. The molecule has 70 valence electrons. The third kappa shape index (κ3) is 7.15. The Kier molecular flexibility index (Phi) is 8.42. The largest absolute Gasteiger partial charge is 0.369 e. The van der Waals surface area contributed by atoms with E-state index in [0.717, 1.165) is 21.7 Å². The lowest BCUT2D eigenvalue weighted by Crippen LogP contribution is -2.30. The molecule has 0 aliphatic heterocycles. The average molecular weight is 240 g/mol. The minimum atomic E-state index is 0.820. The monoisotopic (exact) mass is 240 g/mol. The van der Waals surface area contributed by atoms with Crippen molar-refractivity contribution >= 4 is 56.6 Å². The SMILES string of the molecule is CSC(=S)NCCNC(=S)SC. The molecule has 0 aliphatic rings. The van der Waals surface area contributed by atoms with Crippen molar-refractivity contribution in [3.05, 3.63) is 0 Å². The molecule has 0 aliphatic carbocycles. The highest BCUT2D eigenvalue weighted by atomic mass is 32.2. The fraction of sp³-hybridized carbons (Fsp3) is 0.667. The number of thioether (sulfide) groups is 2. The Morgan fingerprint density at radius 1 is 1.00 bits per heavy atom. The van der Waals surface area contributed by atoms with Crippen LogP contribution in [0.15, 0.2) is 0 Å². The molecular formula is C6H12N2S4. The van der Waals surface area contributed by atoms with Gasteiger partial charge in [-0.3, -0.25) is 0 Å². The molecule has 0 bridgehead atoms. The molecule has 0 amide bonds. The van der Waals surface area contributed by atoms with Crippen molar-refractivity contribution in [3.8, 4) is 0 Å². The summed E-state index contributed by atoms with van der Waals surface area (Å²) in [5.74, 6) is 0. The summed E-state index contributed by atoms with van der Waals surface area (Å²) in [6.45, 7) is 1.64. The molecule has 0 unspecified atom stereocenters. The zero-order valence-electron chi connectivity index (χ0n) is 7.05. The van der Waals surface area contributed by atoms with Gasteiger partial charge in [-0.2, -0.15) is 0 Å². The van der Waals surface area contributed by atoms with Gasteiger partial charge in [-0.1, -0.05) is 24.4 Å². The summed E-state index contributed by atoms with van der Waals surface area (Å²) in [4.78, 5) is 0. The van der Waals surface area contributed by atoms with E-state index in [9.17, 15) is 0 Å². The Hall–Kier alpha value is 0.480. The fourth-order valence-electron chi connectivity index (χ4n) is 0.473. The lowest BCUT2D eigenvalue weighted by molar-refractivity contribution is 0.833. The lowest BCUT2D eigenvalue weighted by Gasteiger charge is -2.06. The number of rotatable bonds is 3. The lowest BCUT2D eigenvalue weighted by atomic mass is 10.6. The Balaban J connectivity index is 3.21. The number of hydrogen-bond donors (Lipinski definition) is 2. The van der Waals surface area contributed by atoms with Crippen molar-refractivity contribution in [2.24, 2.45) is 0 Å². The van der Waals surface area contributed by atoms with Crippen LogP contribution in [-0.2, 0) is 0 Å². The first-order valence-electron chi connectivity index (χ1n) is 3.34. The number of thiocarbonyl (C=S) groups is 2. The third-order valence-corrected chi connectivity index (χ3v) is 3.35. The molecule has 0 rings (SSSR count). The molecule has 0 radical (unpaired) electrons. The van der Waals surface area contributed by atoms with Crippen LogP contribution < -0.4 is 10.6 Å². The molecule has 0 saturated carbocycles. The van der Waals surface area contributed by atoms with Crippen LogP contribution in [0, 0.1) is 0 Å². The van der Waals surface area contributed by atoms with Crippen molar-refractivity contribution in [1.82, 2.24) is 10.6 Å². The average Bonchev–Trinajstić information content (AvgIpc) is 2.11. The highest BCUT2D eigenvalue weighted by Gasteiger charge is 1.93. The fourth-order valence-corrected chi connectivity index (χ4v) is 1.17. The molecule has 0 fully saturated rings. The van der Waals surface area contributed by atoms with Crippen molar-refractivity contribution < 1.29 is 0 Å². The van der Waals surface area contributed by atoms with Crippen molar-refractivity contribution in [2.75, 3.05) is 25.6 Å². The minimum absolute atomic E-state index is 0.820. The molecule has 2 N–H and O–H groups in total. The van der Waals surface area contributed by atoms with Gasteiger partial charge >= 0.3 is 0 Å². The van der Waals surface area contributed by atoms with E-state index in [4.69, 9.17) is 24.4 Å². The normalized spacial score (nSPS) is 9.17. The van der Waals surface area contributed by atoms with Crippen LogP contribution in [0.2, 0.25) is 0 Å². The van der Waals surface area contributed by atoms with Gasteiger partial charge in [-0.05, 0) is 12.5 Å². The number of nitrogens with one attached hydrogen (secondary N) is 2. The van der Waals surface area contributed by atoms with Crippen LogP contribution >= 0.6 is 48.0 Å². The minimum Gasteiger partial charge on any atom is -0.369 e. The van der Waals surface area contributed by atoms with Gasteiger partial charge < -0.3 is 10.6 Å². The van der Waals surface area contributed by atoms with Gasteiger partial charge in [-0.25, -0.2) is 0 Å². The van der Waals surface area contributed by atoms with Crippen LogP contribution in [-0.4, -0.2) is 34.2 Å². The van der Waals surface area contributed by atoms with Gasteiger partial charge in [0, 0.05) is 13.1 Å². The zero-order valence-corrected chi connectivity index (χ0v) is 10.3. The Morgan fingerprint density at radius 2 is 1.33 bits per heavy atom. The summed E-state index contributed by atoms with van der Waals surface area (Å²) < 4.78 is 1.65. The summed E-state index contributed by atoms with van der Waals surface area (Å²) >= 11 is 13.0. The van der Waals surface area contributed by atoms with Gasteiger partial charge in [-0.15, -0.1) is 23.5 Å². The maximum atomic E-state index is 4.95. The van der Waals surface area contributed by atoms with Crippen molar-refractivity contribution in [2.45, 2.75) is 0 Å². The van der Waals surface area contributed by atoms with Gasteiger partial charge in [0.15, 0.2) is 0 Å². The van der Waals surface area contributed by atoms with E-state index in [1.165, 1.54) is 0 Å². The molecular weight excluding hydrogens is 228 g/mol. The highest BCUT2D eigenvalue weighted by molar-refractivity contribution is 8.22. The van der Waals surface area contributed by atoms with Crippen molar-refractivity contribution in [1.29, 1.82) is 0 Å². The molecule has 2 nitrogen and oxygen atoms in total. The molecule has 6 heteroatoms.